The summed E-state index contributed by atoms with van der Waals surface area (Å²) >= 11 is 0. The molecule has 2 atom stereocenters. The van der Waals surface area contributed by atoms with Gasteiger partial charge in [-0.2, -0.15) is 0 Å². The molecule has 0 bridgehead atoms. The minimum Gasteiger partial charge on any atom is -0.464 e. The lowest BCUT2D eigenvalue weighted by atomic mass is 9.96. The largest absolute Gasteiger partial charge is 0.464 e. The highest BCUT2D eigenvalue weighted by Gasteiger charge is 2.45. The van der Waals surface area contributed by atoms with E-state index in [-0.39, 0.29) is 12.4 Å². The molecular formula is C15H14O4. The number of carbonyl (C=O) groups excluding carboxylic acids is 1. The van der Waals surface area contributed by atoms with Crippen molar-refractivity contribution >= 4 is 5.78 Å². The first-order valence-electron chi connectivity index (χ1n) is 6.12. The first kappa shape index (κ1) is 12.1. The third kappa shape index (κ3) is 2.20. The number of carbonyl (C=O) groups is 1. The molecule has 0 spiro atoms. The summed E-state index contributed by atoms with van der Waals surface area (Å²) in [5.41, 5.74) is -0.354. The molecule has 2 unspecified atom stereocenters. The quantitative estimate of drug-likeness (QED) is 0.794. The van der Waals surface area contributed by atoms with E-state index in [1.54, 1.807) is 37.5 Å². The van der Waals surface area contributed by atoms with Gasteiger partial charge in [0.25, 0.3) is 0 Å². The van der Waals surface area contributed by atoms with Crippen LogP contribution in [0.2, 0.25) is 0 Å². The molecular weight excluding hydrogens is 244 g/mol. The van der Waals surface area contributed by atoms with E-state index < -0.39 is 11.9 Å². The van der Waals surface area contributed by atoms with Crippen LogP contribution in [0.25, 0.3) is 0 Å². The van der Waals surface area contributed by atoms with Crippen molar-refractivity contribution < 1.29 is 18.7 Å². The third-order valence-electron chi connectivity index (χ3n) is 3.17. The Morgan fingerprint density at radius 2 is 2.00 bits per heavy atom. The fourth-order valence-corrected chi connectivity index (χ4v) is 2.12. The van der Waals surface area contributed by atoms with Gasteiger partial charge < -0.3 is 13.9 Å². The van der Waals surface area contributed by atoms with Crippen LogP contribution in [0.3, 0.4) is 0 Å². The second kappa shape index (κ2) is 4.64. The minimum atomic E-state index is -0.973. The molecule has 1 aromatic heterocycles. The van der Waals surface area contributed by atoms with Gasteiger partial charge in [0.2, 0.25) is 6.29 Å². The number of ketones is 1. The van der Waals surface area contributed by atoms with E-state index in [2.05, 4.69) is 0 Å². The number of hydrogen-bond donors (Lipinski definition) is 0. The topological polar surface area (TPSA) is 48.7 Å². The van der Waals surface area contributed by atoms with Crippen molar-refractivity contribution in [2.45, 2.75) is 18.8 Å². The zero-order valence-electron chi connectivity index (χ0n) is 10.5. The Hall–Kier alpha value is -1.91. The Balaban J connectivity index is 1.80. The summed E-state index contributed by atoms with van der Waals surface area (Å²) in [6.45, 7) is 1.96. The van der Waals surface area contributed by atoms with Gasteiger partial charge in [0.15, 0.2) is 17.1 Å². The first-order chi connectivity index (χ1) is 9.19. The van der Waals surface area contributed by atoms with Gasteiger partial charge in [-0.1, -0.05) is 30.3 Å². The second-order valence-corrected chi connectivity index (χ2v) is 4.70. The molecule has 1 aromatic carbocycles. The summed E-state index contributed by atoms with van der Waals surface area (Å²) in [5.74, 6) is 0.492. The smallest absolute Gasteiger partial charge is 0.218 e. The predicted octanol–water partition coefficient (Wildman–Crippen LogP) is 2.97. The lowest BCUT2D eigenvalue weighted by Gasteiger charge is -2.20. The molecule has 2 heterocycles. The summed E-state index contributed by atoms with van der Waals surface area (Å²) in [7, 11) is 0. The van der Waals surface area contributed by atoms with Gasteiger partial charge in [-0.3, -0.25) is 4.79 Å². The molecule has 1 aliphatic heterocycles. The first-order valence-corrected chi connectivity index (χ1v) is 6.12. The predicted molar refractivity (Wildman–Crippen MR) is 67.7 cm³/mol. The van der Waals surface area contributed by atoms with Crippen LogP contribution in [0.15, 0.2) is 53.1 Å². The Morgan fingerprint density at radius 3 is 2.68 bits per heavy atom. The van der Waals surface area contributed by atoms with Crippen LogP contribution in [0.4, 0.5) is 0 Å². The van der Waals surface area contributed by atoms with E-state index in [0.29, 0.717) is 11.3 Å². The van der Waals surface area contributed by atoms with Crippen LogP contribution >= 0.6 is 0 Å². The van der Waals surface area contributed by atoms with Gasteiger partial charge in [-0.05, 0) is 19.1 Å². The molecule has 0 radical (unpaired) electrons. The van der Waals surface area contributed by atoms with Crippen LogP contribution in [0, 0.1) is 0 Å². The van der Waals surface area contributed by atoms with E-state index >= 15 is 0 Å². The Morgan fingerprint density at radius 1 is 1.21 bits per heavy atom. The highest BCUT2D eigenvalue weighted by Crippen LogP contribution is 2.35. The van der Waals surface area contributed by atoms with E-state index in [9.17, 15) is 4.79 Å². The van der Waals surface area contributed by atoms with E-state index in [1.165, 1.54) is 0 Å². The maximum absolute atomic E-state index is 12.4. The number of benzene rings is 1. The molecule has 1 fully saturated rings. The van der Waals surface area contributed by atoms with Crippen molar-refractivity contribution in [2.75, 3.05) is 6.61 Å². The summed E-state index contributed by atoms with van der Waals surface area (Å²) in [4.78, 5) is 12.4. The maximum Gasteiger partial charge on any atom is 0.218 e. The van der Waals surface area contributed by atoms with Gasteiger partial charge in [0.1, 0.15) is 0 Å². The summed E-state index contributed by atoms with van der Waals surface area (Å²) < 4.78 is 16.5. The molecule has 4 nitrogen and oxygen atoms in total. The highest BCUT2D eigenvalue weighted by molar-refractivity contribution is 6.02. The monoisotopic (exact) mass is 258 g/mol. The zero-order valence-corrected chi connectivity index (χ0v) is 10.5. The molecule has 4 heteroatoms. The number of rotatable bonds is 3. The van der Waals surface area contributed by atoms with Crippen LogP contribution in [0.5, 0.6) is 0 Å². The summed E-state index contributed by atoms with van der Waals surface area (Å²) in [6, 6.07) is 12.6. The SMILES string of the molecule is CC1(C(=O)c2ccccc2)COC(c2ccco2)O1. The van der Waals surface area contributed by atoms with Crippen LogP contribution in [-0.2, 0) is 9.47 Å². The van der Waals surface area contributed by atoms with Crippen molar-refractivity contribution in [3.8, 4) is 0 Å². The average Bonchev–Trinajstić information content (AvgIpc) is 3.09. The fraction of sp³-hybridized carbons (Fsp3) is 0.267. The van der Waals surface area contributed by atoms with Gasteiger partial charge in [-0.15, -0.1) is 0 Å². The van der Waals surface area contributed by atoms with Crippen molar-refractivity contribution in [3.05, 3.63) is 60.1 Å². The lowest BCUT2D eigenvalue weighted by molar-refractivity contribution is -0.0881. The van der Waals surface area contributed by atoms with E-state index in [4.69, 9.17) is 13.9 Å². The lowest BCUT2D eigenvalue weighted by Crippen LogP contribution is -2.37. The summed E-state index contributed by atoms with van der Waals surface area (Å²) in [5, 5.41) is 0. The fourth-order valence-electron chi connectivity index (χ4n) is 2.12. The maximum atomic E-state index is 12.4. The molecule has 2 aromatic rings. The third-order valence-corrected chi connectivity index (χ3v) is 3.17. The van der Waals surface area contributed by atoms with Gasteiger partial charge in [-0.25, -0.2) is 0 Å². The molecule has 1 saturated heterocycles. The Labute approximate surface area is 110 Å². The van der Waals surface area contributed by atoms with Crippen LogP contribution < -0.4 is 0 Å². The van der Waals surface area contributed by atoms with Gasteiger partial charge >= 0.3 is 0 Å². The van der Waals surface area contributed by atoms with E-state index in [0.717, 1.165) is 0 Å². The normalized spacial score (nSPS) is 26.5. The number of hydrogen-bond acceptors (Lipinski definition) is 4. The number of Topliss-reactive ketones (excluding diaryl/α,β-unsaturated/α-hetero) is 1. The van der Waals surface area contributed by atoms with E-state index in [1.807, 2.05) is 18.2 Å². The molecule has 1 aliphatic rings. The molecule has 98 valence electrons. The molecule has 0 saturated carbocycles. The van der Waals surface area contributed by atoms with Crippen molar-refractivity contribution in [1.82, 2.24) is 0 Å². The number of furan rings is 1. The molecule has 19 heavy (non-hydrogen) atoms. The molecule has 0 aliphatic carbocycles. The standard InChI is InChI=1S/C15H14O4/c1-15(13(16)11-6-3-2-4-7-11)10-18-14(19-15)12-8-5-9-17-12/h2-9,14H,10H2,1H3. The average molecular weight is 258 g/mol. The Kier molecular flexibility index (Phi) is 2.97. The van der Waals surface area contributed by atoms with Crippen molar-refractivity contribution in [2.24, 2.45) is 0 Å². The van der Waals surface area contributed by atoms with Crippen LogP contribution in [-0.4, -0.2) is 18.0 Å². The van der Waals surface area contributed by atoms with Gasteiger partial charge in [0.05, 0.1) is 12.9 Å². The Bertz CT molecular complexity index is 561. The second-order valence-electron chi connectivity index (χ2n) is 4.70. The molecule has 3 rings (SSSR count). The van der Waals surface area contributed by atoms with Gasteiger partial charge in [0, 0.05) is 5.56 Å². The molecule has 0 amide bonds. The molecule has 0 N–H and O–H groups in total. The summed E-state index contributed by atoms with van der Waals surface area (Å²) in [6.07, 6.45) is 0.934. The minimum absolute atomic E-state index is 0.0813. The van der Waals surface area contributed by atoms with Crippen molar-refractivity contribution in [1.29, 1.82) is 0 Å². The van der Waals surface area contributed by atoms with Crippen LogP contribution in [0.1, 0.15) is 29.3 Å². The number of ether oxygens (including phenoxy) is 2. The zero-order chi connectivity index (χ0) is 13.3. The highest BCUT2D eigenvalue weighted by atomic mass is 16.7. The van der Waals surface area contributed by atoms with Crippen molar-refractivity contribution in [3.63, 3.8) is 0 Å².